The molecule has 1 aromatic carbocycles. The number of nitrogens with one attached hydrogen (secondary N) is 1. The molecule has 0 radical (unpaired) electrons. The summed E-state index contributed by atoms with van der Waals surface area (Å²) in [7, 11) is 0. The monoisotopic (exact) mass is 279 g/mol. The van der Waals surface area contributed by atoms with Gasteiger partial charge in [0.05, 0.1) is 10.9 Å². The Kier molecular flexibility index (Phi) is 4.56. The third-order valence-electron chi connectivity index (χ3n) is 3.22. The maximum Gasteiger partial charge on any atom is 0.231 e. The molecular formula is C14H18ClN3O. The topological polar surface area (TPSA) is 51.0 Å². The summed E-state index contributed by atoms with van der Waals surface area (Å²) in [5.74, 6) is 1.32. The molecule has 19 heavy (non-hydrogen) atoms. The van der Waals surface area contributed by atoms with Gasteiger partial charge in [0.15, 0.2) is 0 Å². The van der Waals surface area contributed by atoms with Crippen LogP contribution in [0.15, 0.2) is 28.8 Å². The van der Waals surface area contributed by atoms with Crippen molar-refractivity contribution in [2.45, 2.75) is 32.7 Å². The van der Waals surface area contributed by atoms with E-state index in [0.29, 0.717) is 16.7 Å². The lowest BCUT2D eigenvalue weighted by atomic mass is 10.0. The van der Waals surface area contributed by atoms with Crippen LogP contribution in [0.2, 0.25) is 5.02 Å². The molecule has 2 unspecified atom stereocenters. The molecule has 1 N–H and O–H groups in total. The van der Waals surface area contributed by atoms with Gasteiger partial charge in [0.1, 0.15) is 0 Å². The van der Waals surface area contributed by atoms with Crippen LogP contribution in [0, 0.1) is 0 Å². The van der Waals surface area contributed by atoms with Crippen LogP contribution in [0.1, 0.15) is 32.6 Å². The molecule has 102 valence electrons. The van der Waals surface area contributed by atoms with Crippen LogP contribution >= 0.6 is 11.6 Å². The Bertz CT molecular complexity index is 541. The predicted molar refractivity (Wildman–Crippen MR) is 76.3 cm³/mol. The van der Waals surface area contributed by atoms with Gasteiger partial charge in [-0.3, -0.25) is 0 Å². The lowest BCUT2D eigenvalue weighted by Gasteiger charge is -2.16. The fourth-order valence-electron chi connectivity index (χ4n) is 1.88. The minimum Gasteiger partial charge on any atom is -0.339 e. The van der Waals surface area contributed by atoms with Crippen LogP contribution < -0.4 is 5.32 Å². The van der Waals surface area contributed by atoms with Crippen LogP contribution in [0.3, 0.4) is 0 Å². The van der Waals surface area contributed by atoms with Gasteiger partial charge in [-0.05, 0) is 25.6 Å². The molecule has 0 amide bonds. The van der Waals surface area contributed by atoms with Crippen LogP contribution in [0.5, 0.6) is 0 Å². The molecule has 0 aliphatic rings. The van der Waals surface area contributed by atoms with E-state index in [0.717, 1.165) is 12.1 Å². The maximum atomic E-state index is 6.13. The molecule has 5 heteroatoms. The van der Waals surface area contributed by atoms with Crippen molar-refractivity contribution >= 4 is 11.6 Å². The molecule has 0 saturated carbocycles. The fraction of sp³-hybridized carbons (Fsp3) is 0.429. The van der Waals surface area contributed by atoms with Gasteiger partial charge < -0.3 is 9.84 Å². The van der Waals surface area contributed by atoms with Crippen LogP contribution in [-0.2, 0) is 0 Å². The number of hydrogen-bond acceptors (Lipinski definition) is 4. The van der Waals surface area contributed by atoms with Gasteiger partial charge in [0.25, 0.3) is 0 Å². The summed E-state index contributed by atoms with van der Waals surface area (Å²) in [6.45, 7) is 7.16. The van der Waals surface area contributed by atoms with Gasteiger partial charge in [0.2, 0.25) is 11.7 Å². The molecule has 0 aliphatic heterocycles. The largest absolute Gasteiger partial charge is 0.339 e. The first kappa shape index (κ1) is 14.0. The number of nitrogens with zero attached hydrogens (tertiary/aromatic N) is 2. The summed E-state index contributed by atoms with van der Waals surface area (Å²) < 4.78 is 5.34. The van der Waals surface area contributed by atoms with Crippen LogP contribution in [0.4, 0.5) is 0 Å². The summed E-state index contributed by atoms with van der Waals surface area (Å²) in [5, 5.41) is 7.99. The van der Waals surface area contributed by atoms with Crippen molar-refractivity contribution in [3.8, 4) is 11.4 Å². The summed E-state index contributed by atoms with van der Waals surface area (Å²) >= 11 is 6.13. The molecule has 0 fully saturated rings. The van der Waals surface area contributed by atoms with E-state index in [2.05, 4.69) is 36.2 Å². The van der Waals surface area contributed by atoms with E-state index < -0.39 is 0 Å². The molecule has 2 aromatic rings. The minimum absolute atomic E-state index is 0.156. The minimum atomic E-state index is 0.156. The van der Waals surface area contributed by atoms with Crippen molar-refractivity contribution in [3.63, 3.8) is 0 Å². The molecule has 2 rings (SSSR count). The van der Waals surface area contributed by atoms with E-state index in [1.54, 1.807) is 0 Å². The highest BCUT2D eigenvalue weighted by atomic mass is 35.5. The Morgan fingerprint density at radius 2 is 2.05 bits per heavy atom. The Morgan fingerprint density at radius 1 is 1.32 bits per heavy atom. The van der Waals surface area contributed by atoms with Gasteiger partial charge in [-0.2, -0.15) is 4.98 Å². The van der Waals surface area contributed by atoms with Crippen molar-refractivity contribution in [1.29, 1.82) is 0 Å². The van der Waals surface area contributed by atoms with E-state index in [1.165, 1.54) is 0 Å². The zero-order valence-corrected chi connectivity index (χ0v) is 12.1. The summed E-state index contributed by atoms with van der Waals surface area (Å²) in [6, 6.07) is 7.77. The highest BCUT2D eigenvalue weighted by Gasteiger charge is 2.21. The summed E-state index contributed by atoms with van der Waals surface area (Å²) in [6.07, 6.45) is 0. The van der Waals surface area contributed by atoms with Gasteiger partial charge in [-0.25, -0.2) is 0 Å². The highest BCUT2D eigenvalue weighted by molar-refractivity contribution is 6.33. The van der Waals surface area contributed by atoms with Gasteiger partial charge in [-0.15, -0.1) is 0 Å². The summed E-state index contributed by atoms with van der Waals surface area (Å²) in [5.41, 5.74) is 0.794. The average Bonchev–Trinajstić information content (AvgIpc) is 2.88. The van der Waals surface area contributed by atoms with E-state index in [4.69, 9.17) is 16.1 Å². The number of benzene rings is 1. The molecule has 1 heterocycles. The summed E-state index contributed by atoms with van der Waals surface area (Å²) in [4.78, 5) is 4.44. The molecule has 0 spiro atoms. The quantitative estimate of drug-likeness (QED) is 0.910. The van der Waals surface area contributed by atoms with Crippen LogP contribution in [-0.4, -0.2) is 22.7 Å². The van der Waals surface area contributed by atoms with Crippen LogP contribution in [0.25, 0.3) is 11.4 Å². The number of halogens is 1. The molecule has 0 aliphatic carbocycles. The van der Waals surface area contributed by atoms with E-state index in [-0.39, 0.29) is 12.0 Å². The third kappa shape index (κ3) is 3.14. The van der Waals surface area contributed by atoms with Crippen molar-refractivity contribution < 1.29 is 4.52 Å². The lowest BCUT2D eigenvalue weighted by molar-refractivity contribution is 0.332. The fourth-order valence-corrected chi connectivity index (χ4v) is 2.10. The lowest BCUT2D eigenvalue weighted by Crippen LogP contribution is -2.30. The standard InChI is InChI=1S/C14H18ClN3O/c1-4-16-10(3)9(2)14-17-13(18-19-14)11-7-5-6-8-12(11)15/h5-10,16H,4H2,1-3H3. The Balaban J connectivity index is 2.22. The molecular weight excluding hydrogens is 262 g/mol. The average molecular weight is 280 g/mol. The number of aromatic nitrogens is 2. The molecule has 0 saturated heterocycles. The second kappa shape index (κ2) is 6.17. The van der Waals surface area contributed by atoms with Gasteiger partial charge in [-0.1, -0.05) is 42.7 Å². The number of rotatable bonds is 5. The second-order valence-corrected chi connectivity index (χ2v) is 4.98. The Labute approximate surface area is 118 Å². The molecule has 4 nitrogen and oxygen atoms in total. The highest BCUT2D eigenvalue weighted by Crippen LogP contribution is 2.27. The maximum absolute atomic E-state index is 6.13. The smallest absolute Gasteiger partial charge is 0.231 e. The van der Waals surface area contributed by atoms with Gasteiger partial charge >= 0.3 is 0 Å². The number of likely N-dealkylation sites (N-methyl/N-ethyl adjacent to an activating group) is 1. The zero-order chi connectivity index (χ0) is 13.8. The molecule has 0 bridgehead atoms. The number of hydrogen-bond donors (Lipinski definition) is 1. The normalized spacial score (nSPS) is 14.3. The van der Waals surface area contributed by atoms with E-state index in [9.17, 15) is 0 Å². The van der Waals surface area contributed by atoms with E-state index >= 15 is 0 Å². The van der Waals surface area contributed by atoms with Crippen molar-refractivity contribution in [2.75, 3.05) is 6.54 Å². The first-order chi connectivity index (χ1) is 9.13. The van der Waals surface area contributed by atoms with Crippen molar-refractivity contribution in [2.24, 2.45) is 0 Å². The Morgan fingerprint density at radius 3 is 2.74 bits per heavy atom. The first-order valence-corrected chi connectivity index (χ1v) is 6.83. The first-order valence-electron chi connectivity index (χ1n) is 6.45. The zero-order valence-electron chi connectivity index (χ0n) is 11.4. The molecule has 2 atom stereocenters. The molecule has 1 aromatic heterocycles. The second-order valence-electron chi connectivity index (χ2n) is 4.57. The predicted octanol–water partition coefficient (Wildman–Crippen LogP) is 3.49. The van der Waals surface area contributed by atoms with Crippen molar-refractivity contribution in [3.05, 3.63) is 35.2 Å². The third-order valence-corrected chi connectivity index (χ3v) is 3.55. The van der Waals surface area contributed by atoms with Gasteiger partial charge in [0, 0.05) is 11.6 Å². The Hall–Kier alpha value is -1.39. The van der Waals surface area contributed by atoms with E-state index in [1.807, 2.05) is 24.3 Å². The SMILES string of the molecule is CCNC(C)C(C)c1nc(-c2ccccc2Cl)no1. The van der Waals surface area contributed by atoms with Crippen molar-refractivity contribution in [1.82, 2.24) is 15.5 Å².